The lowest BCUT2D eigenvalue weighted by atomic mass is 10.0. The van der Waals surface area contributed by atoms with Crippen LogP contribution in [0.2, 0.25) is 0 Å². The second-order valence-electron chi connectivity index (χ2n) is 4.55. The lowest BCUT2D eigenvalue weighted by Gasteiger charge is -2.16. The second-order valence-corrected chi connectivity index (χ2v) is 4.55. The number of aromatic nitrogens is 1. The Bertz CT molecular complexity index is 402. The van der Waals surface area contributed by atoms with E-state index in [9.17, 15) is 0 Å². The Balaban J connectivity index is 2.36. The SMILES string of the molecule is CC(C)(N)Cc1cc2ccccc2[nH]1. The van der Waals surface area contributed by atoms with Gasteiger partial charge in [-0.25, -0.2) is 0 Å². The van der Waals surface area contributed by atoms with Crippen molar-refractivity contribution in [2.45, 2.75) is 25.8 Å². The zero-order valence-electron chi connectivity index (χ0n) is 8.67. The standard InChI is InChI=1S/C12H16N2/c1-12(2,13)8-10-7-9-5-3-4-6-11(9)14-10/h3-7,14H,8,13H2,1-2H3. The molecule has 2 nitrogen and oxygen atoms in total. The maximum absolute atomic E-state index is 5.97. The average Bonchev–Trinajstić information content (AvgIpc) is 2.42. The number of para-hydroxylation sites is 1. The van der Waals surface area contributed by atoms with Gasteiger partial charge in [0.25, 0.3) is 0 Å². The van der Waals surface area contributed by atoms with E-state index in [4.69, 9.17) is 5.73 Å². The van der Waals surface area contributed by atoms with E-state index >= 15 is 0 Å². The molecule has 74 valence electrons. The Labute approximate surface area is 84.1 Å². The summed E-state index contributed by atoms with van der Waals surface area (Å²) < 4.78 is 0. The third-order valence-corrected chi connectivity index (χ3v) is 2.23. The fourth-order valence-corrected chi connectivity index (χ4v) is 1.72. The predicted octanol–water partition coefficient (Wildman–Crippen LogP) is 2.45. The molecule has 1 heterocycles. The molecule has 0 spiro atoms. The van der Waals surface area contributed by atoms with Crippen LogP contribution in [0.15, 0.2) is 30.3 Å². The van der Waals surface area contributed by atoms with Crippen LogP contribution >= 0.6 is 0 Å². The zero-order chi connectivity index (χ0) is 10.2. The van der Waals surface area contributed by atoms with Crippen molar-refractivity contribution in [3.05, 3.63) is 36.0 Å². The lowest BCUT2D eigenvalue weighted by molar-refractivity contribution is 0.512. The van der Waals surface area contributed by atoms with E-state index in [0.717, 1.165) is 6.42 Å². The van der Waals surface area contributed by atoms with E-state index in [0.29, 0.717) is 0 Å². The van der Waals surface area contributed by atoms with E-state index < -0.39 is 0 Å². The highest BCUT2D eigenvalue weighted by molar-refractivity contribution is 5.80. The Morgan fingerprint density at radius 2 is 2.00 bits per heavy atom. The van der Waals surface area contributed by atoms with E-state index in [1.165, 1.54) is 16.6 Å². The van der Waals surface area contributed by atoms with E-state index in [1.54, 1.807) is 0 Å². The van der Waals surface area contributed by atoms with Crippen LogP contribution in [0, 0.1) is 0 Å². The van der Waals surface area contributed by atoms with Crippen LogP contribution < -0.4 is 5.73 Å². The van der Waals surface area contributed by atoms with Gasteiger partial charge in [0.05, 0.1) is 0 Å². The van der Waals surface area contributed by atoms with Crippen molar-refractivity contribution in [1.82, 2.24) is 4.98 Å². The molecule has 2 aromatic rings. The molecule has 0 aliphatic heterocycles. The molecule has 0 saturated heterocycles. The molecule has 0 amide bonds. The number of rotatable bonds is 2. The molecule has 1 aromatic heterocycles. The van der Waals surface area contributed by atoms with Crippen molar-refractivity contribution < 1.29 is 0 Å². The van der Waals surface area contributed by atoms with Crippen LogP contribution in [-0.2, 0) is 6.42 Å². The highest BCUT2D eigenvalue weighted by Gasteiger charge is 2.12. The maximum atomic E-state index is 5.97. The van der Waals surface area contributed by atoms with Crippen molar-refractivity contribution >= 4 is 10.9 Å². The van der Waals surface area contributed by atoms with Gasteiger partial charge >= 0.3 is 0 Å². The molecule has 1 aromatic carbocycles. The van der Waals surface area contributed by atoms with Crippen LogP contribution in [0.5, 0.6) is 0 Å². The van der Waals surface area contributed by atoms with E-state index in [-0.39, 0.29) is 5.54 Å². The van der Waals surface area contributed by atoms with Gasteiger partial charge in [-0.3, -0.25) is 0 Å². The summed E-state index contributed by atoms with van der Waals surface area (Å²) in [6.07, 6.45) is 0.877. The summed E-state index contributed by atoms with van der Waals surface area (Å²) in [4.78, 5) is 3.37. The van der Waals surface area contributed by atoms with Crippen LogP contribution in [0.25, 0.3) is 10.9 Å². The highest BCUT2D eigenvalue weighted by Crippen LogP contribution is 2.17. The maximum Gasteiger partial charge on any atom is 0.0456 e. The van der Waals surface area contributed by atoms with Crippen molar-refractivity contribution in [3.8, 4) is 0 Å². The smallest absolute Gasteiger partial charge is 0.0456 e. The van der Waals surface area contributed by atoms with Gasteiger partial charge in [0, 0.05) is 23.2 Å². The summed E-state index contributed by atoms with van der Waals surface area (Å²) >= 11 is 0. The van der Waals surface area contributed by atoms with Crippen molar-refractivity contribution in [2.75, 3.05) is 0 Å². The number of H-pyrrole nitrogens is 1. The Hall–Kier alpha value is -1.28. The summed E-state index contributed by atoms with van der Waals surface area (Å²) in [5, 5.41) is 1.26. The first-order valence-corrected chi connectivity index (χ1v) is 4.90. The van der Waals surface area contributed by atoms with Gasteiger partial charge in [-0.05, 0) is 31.4 Å². The van der Waals surface area contributed by atoms with Crippen molar-refractivity contribution in [2.24, 2.45) is 5.73 Å². The number of hydrogen-bond acceptors (Lipinski definition) is 1. The molecule has 0 bridgehead atoms. The third kappa shape index (κ3) is 1.96. The molecule has 2 rings (SSSR count). The minimum absolute atomic E-state index is 0.152. The molecule has 14 heavy (non-hydrogen) atoms. The quantitative estimate of drug-likeness (QED) is 0.746. The second kappa shape index (κ2) is 3.14. The number of fused-ring (bicyclic) bond motifs is 1. The normalized spacial score (nSPS) is 12.2. The molecule has 0 fully saturated rings. The monoisotopic (exact) mass is 188 g/mol. The minimum atomic E-state index is -0.152. The molecule has 0 saturated carbocycles. The average molecular weight is 188 g/mol. The van der Waals surface area contributed by atoms with Gasteiger partial charge in [-0.2, -0.15) is 0 Å². The van der Waals surface area contributed by atoms with Gasteiger partial charge < -0.3 is 10.7 Å². The molecule has 0 unspecified atom stereocenters. The number of nitrogens with two attached hydrogens (primary N) is 1. The third-order valence-electron chi connectivity index (χ3n) is 2.23. The Morgan fingerprint density at radius 3 is 2.64 bits per heavy atom. The van der Waals surface area contributed by atoms with Crippen molar-refractivity contribution in [1.29, 1.82) is 0 Å². The van der Waals surface area contributed by atoms with E-state index in [1.807, 2.05) is 26.0 Å². The first-order valence-electron chi connectivity index (χ1n) is 4.90. The summed E-state index contributed by atoms with van der Waals surface area (Å²) in [6, 6.07) is 10.5. The predicted molar refractivity (Wildman–Crippen MR) is 60.3 cm³/mol. The van der Waals surface area contributed by atoms with Gasteiger partial charge in [0.1, 0.15) is 0 Å². The Kier molecular flexibility index (Phi) is 2.08. The molecule has 0 aliphatic rings. The Morgan fingerprint density at radius 1 is 1.29 bits per heavy atom. The van der Waals surface area contributed by atoms with E-state index in [2.05, 4.69) is 23.2 Å². The van der Waals surface area contributed by atoms with Gasteiger partial charge in [0.15, 0.2) is 0 Å². The molecule has 2 heteroatoms. The topological polar surface area (TPSA) is 41.8 Å². The molecule has 0 aliphatic carbocycles. The largest absolute Gasteiger partial charge is 0.358 e. The number of hydrogen-bond donors (Lipinski definition) is 2. The van der Waals surface area contributed by atoms with Gasteiger partial charge in [-0.1, -0.05) is 18.2 Å². The number of aromatic amines is 1. The highest BCUT2D eigenvalue weighted by atomic mass is 14.8. The molecule has 3 N–H and O–H groups in total. The zero-order valence-corrected chi connectivity index (χ0v) is 8.67. The summed E-state index contributed by atoms with van der Waals surface area (Å²) in [5.41, 5.74) is 8.21. The van der Waals surface area contributed by atoms with Gasteiger partial charge in [0.2, 0.25) is 0 Å². The fourth-order valence-electron chi connectivity index (χ4n) is 1.72. The van der Waals surface area contributed by atoms with Crippen LogP contribution in [0.4, 0.5) is 0 Å². The summed E-state index contributed by atoms with van der Waals surface area (Å²) in [6.45, 7) is 4.08. The molecular formula is C12H16N2. The van der Waals surface area contributed by atoms with Gasteiger partial charge in [-0.15, -0.1) is 0 Å². The molecule has 0 radical (unpaired) electrons. The number of nitrogens with one attached hydrogen (secondary N) is 1. The molecular weight excluding hydrogens is 172 g/mol. The lowest BCUT2D eigenvalue weighted by Crippen LogP contribution is -2.34. The molecule has 0 atom stereocenters. The first kappa shape index (κ1) is 9.28. The fraction of sp³-hybridized carbons (Fsp3) is 0.333. The van der Waals surface area contributed by atoms with Crippen molar-refractivity contribution in [3.63, 3.8) is 0 Å². The van der Waals surface area contributed by atoms with Crippen LogP contribution in [0.3, 0.4) is 0 Å². The number of benzene rings is 1. The van der Waals surface area contributed by atoms with Crippen LogP contribution in [-0.4, -0.2) is 10.5 Å². The summed E-state index contributed by atoms with van der Waals surface area (Å²) in [5.74, 6) is 0. The summed E-state index contributed by atoms with van der Waals surface area (Å²) in [7, 11) is 0. The minimum Gasteiger partial charge on any atom is -0.358 e. The van der Waals surface area contributed by atoms with Crippen LogP contribution in [0.1, 0.15) is 19.5 Å². The first-order chi connectivity index (χ1) is 6.54.